The first-order valence-corrected chi connectivity index (χ1v) is 13.9. The van der Waals surface area contributed by atoms with E-state index >= 15 is 0 Å². The number of nitrogens with two attached hydrogens (primary N) is 2. The van der Waals surface area contributed by atoms with Crippen molar-refractivity contribution in [1.29, 1.82) is 0 Å². The number of phenolic OH excluding ortho intramolecular Hbond substituents is 1. The topological polar surface area (TPSA) is 226 Å². The molecule has 4 atom stereocenters. The summed E-state index contributed by atoms with van der Waals surface area (Å²) in [4.78, 5) is 52.2. The van der Waals surface area contributed by atoms with Crippen molar-refractivity contribution >= 4 is 29.1 Å². The van der Waals surface area contributed by atoms with Crippen molar-refractivity contribution in [3.8, 4) is 22.6 Å². The maximum Gasteiger partial charge on any atom is 0.255 e. The summed E-state index contributed by atoms with van der Waals surface area (Å²) in [6, 6.07) is 7.24. The molecule has 2 amide bonds. The molecule has 44 heavy (non-hydrogen) atoms. The van der Waals surface area contributed by atoms with Gasteiger partial charge < -0.3 is 41.9 Å². The van der Waals surface area contributed by atoms with Crippen LogP contribution in [0, 0.1) is 11.8 Å². The number of Topliss-reactive ketones (excluding diaryl/α,β-unsaturated/α-hetero) is 2. The Bertz CT molecular complexity index is 1680. The maximum absolute atomic E-state index is 14.0. The smallest absolute Gasteiger partial charge is 0.255 e. The number of aliphatic hydroxyl groups excluding tert-OH is 2. The van der Waals surface area contributed by atoms with Crippen molar-refractivity contribution < 1.29 is 44.3 Å². The van der Waals surface area contributed by atoms with Crippen LogP contribution in [0.2, 0.25) is 0 Å². The number of aromatic hydroxyl groups is 1. The van der Waals surface area contributed by atoms with Crippen molar-refractivity contribution in [3.63, 3.8) is 0 Å². The highest BCUT2D eigenvalue weighted by Crippen LogP contribution is 2.53. The fraction of sp³-hybridized carbons (Fsp3) is 0.355. The lowest BCUT2D eigenvalue weighted by molar-refractivity contribution is -0.153. The number of hydrogen-bond acceptors (Lipinski definition) is 11. The highest BCUT2D eigenvalue weighted by molar-refractivity contribution is 6.24. The summed E-state index contributed by atoms with van der Waals surface area (Å²) < 4.78 is 5.46. The standard InChI is InChI=1S/C31H34N4O9/c1-35(2)25-18-10-14-9-17-16(13-4-7-20(44-3)15(8-13)11-34-12-21(32)37)5-6-19(36)23(17)26(38)22(14)28(40)31(18,43)29(41)24(27(25)39)30(33)42/h4-8,14,18,25,34,36,38,41,43H,9-12H2,1-3H3,(H2,32,37)(H2,33,42)/t14-,18-,25-,31-/m0/s1. The summed E-state index contributed by atoms with van der Waals surface area (Å²) in [7, 11) is 4.60. The van der Waals surface area contributed by atoms with Gasteiger partial charge in [0.25, 0.3) is 5.91 Å². The molecule has 0 aromatic heterocycles. The molecule has 1 fully saturated rings. The van der Waals surface area contributed by atoms with Gasteiger partial charge in [-0.25, -0.2) is 0 Å². The van der Waals surface area contributed by atoms with Gasteiger partial charge in [0.1, 0.15) is 28.6 Å². The van der Waals surface area contributed by atoms with Crippen molar-refractivity contribution in [2.75, 3.05) is 27.7 Å². The third-order valence-corrected chi connectivity index (χ3v) is 8.81. The fourth-order valence-electron chi connectivity index (χ4n) is 6.92. The molecule has 13 heteroatoms. The highest BCUT2D eigenvalue weighted by atomic mass is 16.5. The average molecular weight is 607 g/mol. The van der Waals surface area contributed by atoms with Gasteiger partial charge in [-0.1, -0.05) is 12.1 Å². The first-order valence-electron chi connectivity index (χ1n) is 13.9. The van der Waals surface area contributed by atoms with E-state index in [9.17, 15) is 39.6 Å². The van der Waals surface area contributed by atoms with Crippen LogP contribution in [-0.4, -0.2) is 88.1 Å². The van der Waals surface area contributed by atoms with E-state index in [-0.39, 0.29) is 42.8 Å². The van der Waals surface area contributed by atoms with Crippen LogP contribution in [0.25, 0.3) is 16.9 Å². The number of hydrogen-bond donors (Lipinski definition) is 7. The highest BCUT2D eigenvalue weighted by Gasteiger charge is 2.64. The summed E-state index contributed by atoms with van der Waals surface area (Å²) in [5.74, 6) is -7.06. The van der Waals surface area contributed by atoms with Crippen LogP contribution in [0.3, 0.4) is 0 Å². The number of rotatable bonds is 8. The third-order valence-electron chi connectivity index (χ3n) is 8.81. The second kappa shape index (κ2) is 11.1. The fourth-order valence-corrected chi connectivity index (χ4v) is 6.92. The van der Waals surface area contributed by atoms with Gasteiger partial charge in [0, 0.05) is 23.6 Å². The van der Waals surface area contributed by atoms with Crippen LogP contribution in [0.5, 0.6) is 11.5 Å². The zero-order chi connectivity index (χ0) is 32.2. The average Bonchev–Trinajstić information content (AvgIpc) is 2.94. The van der Waals surface area contributed by atoms with Crippen molar-refractivity contribution in [3.05, 3.63) is 63.9 Å². The second-order valence-electron chi connectivity index (χ2n) is 11.5. The van der Waals surface area contributed by atoms with Gasteiger partial charge >= 0.3 is 0 Å². The molecule has 0 bridgehead atoms. The minimum atomic E-state index is -2.71. The van der Waals surface area contributed by atoms with E-state index in [1.54, 1.807) is 32.3 Å². The molecule has 1 saturated carbocycles. The predicted octanol–water partition coefficient (Wildman–Crippen LogP) is 0.215. The minimum absolute atomic E-state index is 0.0111. The molecule has 5 rings (SSSR count). The lowest BCUT2D eigenvalue weighted by Crippen LogP contribution is -2.65. The number of methoxy groups -OCH3 is 1. The van der Waals surface area contributed by atoms with Crippen LogP contribution in [0.4, 0.5) is 0 Å². The van der Waals surface area contributed by atoms with E-state index in [2.05, 4.69) is 5.32 Å². The van der Waals surface area contributed by atoms with E-state index < -0.39 is 64.0 Å². The summed E-state index contributed by atoms with van der Waals surface area (Å²) in [5, 5.41) is 48.1. The lowest BCUT2D eigenvalue weighted by atomic mass is 9.57. The number of aliphatic hydroxyl groups is 3. The summed E-state index contributed by atoms with van der Waals surface area (Å²) in [6.45, 7) is 0.214. The molecule has 9 N–H and O–H groups in total. The predicted molar refractivity (Wildman–Crippen MR) is 157 cm³/mol. The van der Waals surface area contributed by atoms with Gasteiger partial charge in [-0.05, 0) is 67.7 Å². The van der Waals surface area contributed by atoms with E-state index in [1.807, 2.05) is 6.07 Å². The first kappa shape index (κ1) is 30.7. The summed E-state index contributed by atoms with van der Waals surface area (Å²) in [5.41, 5.74) is 9.38. The number of carbonyl (C=O) groups excluding carboxylic acids is 4. The second-order valence-corrected chi connectivity index (χ2v) is 11.5. The van der Waals surface area contributed by atoms with Crippen LogP contribution in [-0.2, 0) is 32.1 Å². The van der Waals surface area contributed by atoms with Crippen molar-refractivity contribution in [1.82, 2.24) is 10.2 Å². The van der Waals surface area contributed by atoms with Crippen LogP contribution in [0.15, 0.2) is 47.2 Å². The molecule has 3 aliphatic rings. The van der Waals surface area contributed by atoms with E-state index in [0.29, 0.717) is 28.0 Å². The van der Waals surface area contributed by atoms with Gasteiger partial charge in [-0.2, -0.15) is 0 Å². The maximum atomic E-state index is 14.0. The van der Waals surface area contributed by atoms with Crippen molar-refractivity contribution in [2.24, 2.45) is 23.3 Å². The van der Waals surface area contributed by atoms with E-state index in [0.717, 1.165) is 0 Å². The number of fused-ring (bicyclic) bond motifs is 3. The number of primary amides is 2. The molecular formula is C31H34N4O9. The molecule has 0 unspecified atom stereocenters. The molecule has 3 aliphatic carbocycles. The zero-order valence-electron chi connectivity index (χ0n) is 24.4. The SMILES string of the molecule is COc1ccc(-c2ccc(O)c3c2C[C@H]2C[C@H]4[C@H](N(C)C)C(=O)C(C(N)=O)=C(O)[C@@]4(O)C(=O)C2=C3O)cc1CNCC(N)=O. The van der Waals surface area contributed by atoms with Gasteiger partial charge in [0.05, 0.1) is 25.3 Å². The quantitative estimate of drug-likeness (QED) is 0.201. The van der Waals surface area contributed by atoms with Crippen molar-refractivity contribution in [2.45, 2.75) is 31.0 Å². The van der Waals surface area contributed by atoms with E-state index in [4.69, 9.17) is 16.2 Å². The normalized spacial score (nSPS) is 24.6. The van der Waals surface area contributed by atoms with Gasteiger partial charge in [-0.3, -0.25) is 24.1 Å². The largest absolute Gasteiger partial charge is 0.508 e. The Morgan fingerprint density at radius 3 is 2.43 bits per heavy atom. The molecule has 2 aromatic carbocycles. The molecule has 0 heterocycles. The third kappa shape index (κ3) is 4.60. The molecule has 0 radical (unpaired) electrons. The number of amides is 2. The number of phenols is 1. The summed E-state index contributed by atoms with van der Waals surface area (Å²) >= 11 is 0. The summed E-state index contributed by atoms with van der Waals surface area (Å²) in [6.07, 6.45) is 0.116. The van der Waals surface area contributed by atoms with Gasteiger partial charge in [0.15, 0.2) is 11.4 Å². The van der Waals surface area contributed by atoms with Crippen LogP contribution >= 0.6 is 0 Å². The number of ether oxygens (including phenoxy) is 1. The van der Waals surface area contributed by atoms with Crippen LogP contribution < -0.4 is 21.5 Å². The molecule has 0 saturated heterocycles. The van der Waals surface area contributed by atoms with Crippen LogP contribution in [0.1, 0.15) is 23.1 Å². The van der Waals surface area contributed by atoms with Gasteiger partial charge in [0.2, 0.25) is 11.7 Å². The molecule has 0 aliphatic heterocycles. The Morgan fingerprint density at radius 1 is 1.11 bits per heavy atom. The first-order chi connectivity index (χ1) is 20.7. The number of nitrogens with zero attached hydrogens (tertiary/aromatic N) is 1. The number of ketones is 2. The Balaban J connectivity index is 1.66. The zero-order valence-corrected chi connectivity index (χ0v) is 24.4. The monoisotopic (exact) mass is 606 g/mol. The number of carbonyl (C=O) groups is 4. The Labute approximate surface area is 252 Å². The molecule has 232 valence electrons. The number of benzene rings is 2. The van der Waals surface area contributed by atoms with E-state index in [1.165, 1.54) is 18.1 Å². The Kier molecular flexibility index (Phi) is 7.74. The number of nitrogens with one attached hydrogen (secondary N) is 1. The van der Waals surface area contributed by atoms with Gasteiger partial charge in [-0.15, -0.1) is 0 Å². The minimum Gasteiger partial charge on any atom is -0.508 e. The lowest BCUT2D eigenvalue weighted by Gasteiger charge is -2.50. The Morgan fingerprint density at radius 2 is 1.82 bits per heavy atom. The molecule has 13 nitrogen and oxygen atoms in total. The molecule has 0 spiro atoms. The molecular weight excluding hydrogens is 572 g/mol. The number of likely N-dealkylation sites (N-methyl/N-ethyl adjacent to an activating group) is 1. The molecule has 2 aromatic rings. The Hall–Kier alpha value is -4.72.